The average Bonchev–Trinajstić information content (AvgIpc) is 3.25. The van der Waals surface area contributed by atoms with Crippen LogP contribution in [-0.4, -0.2) is 12.6 Å². The summed E-state index contributed by atoms with van der Waals surface area (Å²) in [6.45, 7) is 7.23. The van der Waals surface area contributed by atoms with E-state index in [0.29, 0.717) is 0 Å². The lowest BCUT2D eigenvalue weighted by atomic mass is 9.95. The largest absolute Gasteiger partial charge is 0.309 e. The molecule has 0 aliphatic rings. The highest BCUT2D eigenvalue weighted by atomic mass is 28.3. The van der Waals surface area contributed by atoms with Crippen molar-refractivity contribution >= 4 is 67.4 Å². The maximum atomic E-state index is 2.50. The predicted molar refractivity (Wildman–Crippen MR) is 156 cm³/mol. The molecule has 2 heteroatoms. The van der Waals surface area contributed by atoms with Crippen LogP contribution in [0.1, 0.15) is 0 Å². The van der Waals surface area contributed by atoms with E-state index in [1.807, 2.05) is 0 Å². The molecule has 1 heterocycles. The van der Waals surface area contributed by atoms with Crippen LogP contribution < -0.4 is 5.19 Å². The lowest BCUT2D eigenvalue weighted by molar-refractivity contribution is 1.19. The zero-order chi connectivity index (χ0) is 23.7. The number of aromatic nitrogens is 1. The second kappa shape index (κ2) is 7.31. The molecule has 0 aliphatic carbocycles. The van der Waals surface area contributed by atoms with Crippen LogP contribution in [0.15, 0.2) is 109 Å². The van der Waals surface area contributed by atoms with Gasteiger partial charge < -0.3 is 4.57 Å². The number of benzene rings is 6. The Morgan fingerprint density at radius 2 is 1.06 bits per heavy atom. The van der Waals surface area contributed by atoms with Crippen LogP contribution in [0.2, 0.25) is 19.6 Å². The standard InChI is InChI=1S/C33H27NSi/c1-35(2,3)24-19-17-23(18-20-24)34-30-21-16-22-10-4-5-11-25(22)31(30)32-28-14-8-6-12-26(28)27-13-7-9-15-29(27)33(32)34/h4-21H,1-3H3. The van der Waals surface area contributed by atoms with Crippen molar-refractivity contribution in [3.05, 3.63) is 109 Å². The lowest BCUT2D eigenvalue weighted by Gasteiger charge is -2.18. The summed E-state index contributed by atoms with van der Waals surface area (Å²) in [5.41, 5.74) is 3.79. The Morgan fingerprint density at radius 3 is 1.74 bits per heavy atom. The quantitative estimate of drug-likeness (QED) is 0.178. The van der Waals surface area contributed by atoms with E-state index in [0.717, 1.165) is 0 Å². The van der Waals surface area contributed by atoms with Crippen LogP contribution in [0.3, 0.4) is 0 Å². The number of hydrogen-bond donors (Lipinski definition) is 0. The Morgan fingerprint density at radius 1 is 0.486 bits per heavy atom. The van der Waals surface area contributed by atoms with Gasteiger partial charge in [-0.25, -0.2) is 0 Å². The molecule has 0 fully saturated rings. The summed E-state index contributed by atoms with van der Waals surface area (Å²) in [6, 6.07) is 40.5. The summed E-state index contributed by atoms with van der Waals surface area (Å²) in [4.78, 5) is 0. The van der Waals surface area contributed by atoms with E-state index >= 15 is 0 Å². The second-order valence-corrected chi connectivity index (χ2v) is 15.7. The molecular formula is C33H27NSi. The summed E-state index contributed by atoms with van der Waals surface area (Å²) in [6.07, 6.45) is 0. The topological polar surface area (TPSA) is 4.93 Å². The van der Waals surface area contributed by atoms with Crippen molar-refractivity contribution in [3.63, 3.8) is 0 Å². The van der Waals surface area contributed by atoms with Crippen LogP contribution in [0.25, 0.3) is 59.8 Å². The number of rotatable bonds is 2. The molecule has 0 N–H and O–H groups in total. The zero-order valence-corrected chi connectivity index (χ0v) is 21.3. The van der Waals surface area contributed by atoms with E-state index in [1.54, 1.807) is 0 Å². The Hall–Kier alpha value is -3.88. The third-order valence-electron chi connectivity index (χ3n) is 7.52. The maximum absolute atomic E-state index is 2.50. The van der Waals surface area contributed by atoms with Crippen LogP contribution in [-0.2, 0) is 0 Å². The minimum absolute atomic E-state index is 1.22. The van der Waals surface area contributed by atoms with Crippen molar-refractivity contribution < 1.29 is 0 Å². The van der Waals surface area contributed by atoms with Crippen molar-refractivity contribution in [1.82, 2.24) is 4.57 Å². The van der Waals surface area contributed by atoms with Crippen LogP contribution in [0, 0.1) is 0 Å². The normalized spacial score (nSPS) is 12.4. The van der Waals surface area contributed by atoms with Gasteiger partial charge in [0.25, 0.3) is 0 Å². The molecule has 0 unspecified atom stereocenters. The molecule has 0 aliphatic heterocycles. The SMILES string of the molecule is C[Si](C)(C)c1ccc(-n2c3ccc4ccccc4c3c3c4ccccc4c4ccccc4c32)cc1. The molecule has 0 atom stereocenters. The molecule has 0 radical (unpaired) electrons. The fourth-order valence-corrected chi connectivity index (χ4v) is 6.98. The average molecular weight is 466 g/mol. The minimum Gasteiger partial charge on any atom is -0.309 e. The highest BCUT2D eigenvalue weighted by molar-refractivity contribution is 6.88. The van der Waals surface area contributed by atoms with E-state index < -0.39 is 8.07 Å². The first-order valence-corrected chi connectivity index (χ1v) is 15.9. The van der Waals surface area contributed by atoms with E-state index in [2.05, 4.69) is 133 Å². The Labute approximate surface area is 206 Å². The molecular weight excluding hydrogens is 438 g/mol. The van der Waals surface area contributed by atoms with Gasteiger partial charge in [0.05, 0.1) is 19.1 Å². The predicted octanol–water partition coefficient (Wildman–Crippen LogP) is 8.79. The van der Waals surface area contributed by atoms with E-state index in [4.69, 9.17) is 0 Å². The smallest absolute Gasteiger partial charge is 0.0775 e. The molecule has 35 heavy (non-hydrogen) atoms. The molecule has 7 rings (SSSR count). The number of fused-ring (bicyclic) bond motifs is 10. The summed E-state index contributed by atoms with van der Waals surface area (Å²) in [7, 11) is -1.37. The molecule has 0 bridgehead atoms. The number of hydrogen-bond acceptors (Lipinski definition) is 0. The molecule has 0 saturated carbocycles. The molecule has 1 aromatic heterocycles. The van der Waals surface area contributed by atoms with E-state index in [-0.39, 0.29) is 0 Å². The van der Waals surface area contributed by atoms with Crippen molar-refractivity contribution in [3.8, 4) is 5.69 Å². The summed E-state index contributed by atoms with van der Waals surface area (Å²) >= 11 is 0. The first kappa shape index (κ1) is 20.5. The Balaban J connectivity index is 1.77. The molecule has 6 aromatic carbocycles. The first-order chi connectivity index (χ1) is 17.0. The van der Waals surface area contributed by atoms with Crippen molar-refractivity contribution in [1.29, 1.82) is 0 Å². The van der Waals surface area contributed by atoms with Crippen LogP contribution in [0.5, 0.6) is 0 Å². The van der Waals surface area contributed by atoms with Gasteiger partial charge in [-0.3, -0.25) is 0 Å². The first-order valence-electron chi connectivity index (χ1n) is 12.4. The highest BCUT2D eigenvalue weighted by Crippen LogP contribution is 2.44. The van der Waals surface area contributed by atoms with Gasteiger partial charge in [-0.1, -0.05) is 116 Å². The second-order valence-electron chi connectivity index (χ2n) is 10.6. The third-order valence-corrected chi connectivity index (χ3v) is 9.58. The monoisotopic (exact) mass is 465 g/mol. The van der Waals surface area contributed by atoms with Crippen LogP contribution in [0.4, 0.5) is 0 Å². The van der Waals surface area contributed by atoms with E-state index in [9.17, 15) is 0 Å². The van der Waals surface area contributed by atoms with Gasteiger partial charge in [-0.2, -0.15) is 0 Å². The van der Waals surface area contributed by atoms with Crippen molar-refractivity contribution in [2.45, 2.75) is 19.6 Å². The Kier molecular flexibility index (Phi) is 4.28. The van der Waals surface area contributed by atoms with Gasteiger partial charge in [-0.05, 0) is 45.1 Å². The van der Waals surface area contributed by atoms with Gasteiger partial charge in [0.15, 0.2) is 0 Å². The van der Waals surface area contributed by atoms with Gasteiger partial charge in [0.2, 0.25) is 0 Å². The van der Waals surface area contributed by atoms with Crippen LogP contribution >= 0.6 is 0 Å². The number of nitrogens with zero attached hydrogens (tertiary/aromatic N) is 1. The summed E-state index contributed by atoms with van der Waals surface area (Å²) in [5, 5.41) is 12.0. The van der Waals surface area contributed by atoms with Gasteiger partial charge in [-0.15, -0.1) is 0 Å². The fourth-order valence-electron chi connectivity index (χ4n) is 5.82. The van der Waals surface area contributed by atoms with Gasteiger partial charge in [0.1, 0.15) is 0 Å². The summed E-state index contributed by atoms with van der Waals surface area (Å²) < 4.78 is 2.50. The fraction of sp³-hybridized carbons (Fsp3) is 0.0909. The molecule has 0 saturated heterocycles. The van der Waals surface area contributed by atoms with Crippen molar-refractivity contribution in [2.24, 2.45) is 0 Å². The molecule has 0 spiro atoms. The maximum Gasteiger partial charge on any atom is 0.0775 e. The lowest BCUT2D eigenvalue weighted by Crippen LogP contribution is -2.37. The van der Waals surface area contributed by atoms with Gasteiger partial charge in [0, 0.05) is 21.8 Å². The summed E-state index contributed by atoms with van der Waals surface area (Å²) in [5.74, 6) is 0. The van der Waals surface area contributed by atoms with Gasteiger partial charge >= 0.3 is 0 Å². The Bertz CT molecular complexity index is 1920. The molecule has 1 nitrogen and oxygen atoms in total. The highest BCUT2D eigenvalue weighted by Gasteiger charge is 2.21. The molecule has 7 aromatic rings. The molecule has 168 valence electrons. The minimum atomic E-state index is -1.37. The molecule has 0 amide bonds. The zero-order valence-electron chi connectivity index (χ0n) is 20.3. The third kappa shape index (κ3) is 2.93. The van der Waals surface area contributed by atoms with E-state index in [1.165, 1.54) is 65.0 Å². The van der Waals surface area contributed by atoms with Crippen molar-refractivity contribution in [2.75, 3.05) is 0 Å².